The van der Waals surface area contributed by atoms with Gasteiger partial charge >= 0.3 is 0 Å². The van der Waals surface area contributed by atoms with E-state index in [4.69, 9.17) is 0 Å². The highest BCUT2D eigenvalue weighted by Gasteiger charge is 2.28. The predicted octanol–water partition coefficient (Wildman–Crippen LogP) is 1.88. The Bertz CT molecular complexity index is 882. The van der Waals surface area contributed by atoms with Crippen LogP contribution in [0, 0.1) is 10.1 Å². The summed E-state index contributed by atoms with van der Waals surface area (Å²) in [4.78, 5) is 23.7. The van der Waals surface area contributed by atoms with Gasteiger partial charge in [0.1, 0.15) is 6.54 Å². The molecule has 2 aromatic rings. The molecule has 0 aromatic heterocycles. The smallest absolute Gasteiger partial charge is 0.271 e. The van der Waals surface area contributed by atoms with E-state index in [1.807, 2.05) is 0 Å². The van der Waals surface area contributed by atoms with Crippen LogP contribution in [0.4, 0.5) is 11.4 Å². The molecule has 0 heterocycles. The Hall–Kier alpha value is -2.94. The summed E-state index contributed by atoms with van der Waals surface area (Å²) in [7, 11) is -1.06. The minimum absolute atomic E-state index is 0.00642. The number of nitro groups is 1. The van der Waals surface area contributed by atoms with E-state index in [1.165, 1.54) is 49.3 Å². The fraction of sp³-hybridized carbons (Fsp3) is 0.188. The first-order valence-corrected chi connectivity index (χ1v) is 8.70. The SMILES string of the molecule is CN(C)C(=O)CN(c1cccc([N+](=O)[O-])c1)S(=O)(=O)c1ccccc1. The van der Waals surface area contributed by atoms with Crippen molar-refractivity contribution in [3.63, 3.8) is 0 Å². The lowest BCUT2D eigenvalue weighted by Crippen LogP contribution is -2.40. The van der Waals surface area contributed by atoms with Gasteiger partial charge in [0.15, 0.2) is 0 Å². The summed E-state index contributed by atoms with van der Waals surface area (Å²) in [6, 6.07) is 12.8. The number of non-ortho nitro benzene ring substituents is 1. The molecule has 0 unspecified atom stereocenters. The molecule has 0 radical (unpaired) electrons. The number of benzene rings is 2. The zero-order valence-electron chi connectivity index (χ0n) is 13.7. The highest BCUT2D eigenvalue weighted by Crippen LogP contribution is 2.26. The number of nitro benzene ring substituents is 1. The lowest BCUT2D eigenvalue weighted by atomic mass is 10.3. The van der Waals surface area contributed by atoms with E-state index < -0.39 is 27.4 Å². The first kappa shape index (κ1) is 18.4. The first-order chi connectivity index (χ1) is 11.7. The average molecular weight is 363 g/mol. The van der Waals surface area contributed by atoms with Gasteiger partial charge in [-0.15, -0.1) is 0 Å². The van der Waals surface area contributed by atoms with Crippen LogP contribution in [0.3, 0.4) is 0 Å². The molecule has 0 saturated heterocycles. The zero-order chi connectivity index (χ0) is 18.6. The fourth-order valence-corrected chi connectivity index (χ4v) is 3.49. The molecule has 8 nitrogen and oxygen atoms in total. The molecule has 132 valence electrons. The van der Waals surface area contributed by atoms with E-state index in [2.05, 4.69) is 0 Å². The van der Waals surface area contributed by atoms with Crippen molar-refractivity contribution >= 4 is 27.3 Å². The number of carbonyl (C=O) groups is 1. The number of nitrogens with zero attached hydrogens (tertiary/aromatic N) is 3. The van der Waals surface area contributed by atoms with Crippen LogP contribution in [0.5, 0.6) is 0 Å². The summed E-state index contributed by atoms with van der Waals surface area (Å²) < 4.78 is 26.8. The summed E-state index contributed by atoms with van der Waals surface area (Å²) in [5, 5.41) is 11.0. The van der Waals surface area contributed by atoms with Gasteiger partial charge in [0.2, 0.25) is 5.91 Å². The lowest BCUT2D eigenvalue weighted by Gasteiger charge is -2.25. The second-order valence-corrected chi connectivity index (χ2v) is 7.25. The molecule has 0 N–H and O–H groups in total. The molecule has 0 saturated carbocycles. The van der Waals surface area contributed by atoms with Crippen molar-refractivity contribution in [1.29, 1.82) is 0 Å². The summed E-state index contributed by atoms with van der Waals surface area (Å²) in [5.74, 6) is -0.453. The van der Waals surface area contributed by atoms with Crippen molar-refractivity contribution in [3.8, 4) is 0 Å². The number of anilines is 1. The normalized spacial score (nSPS) is 11.0. The largest absolute Gasteiger partial charge is 0.347 e. The summed E-state index contributed by atoms with van der Waals surface area (Å²) in [6.07, 6.45) is 0. The summed E-state index contributed by atoms with van der Waals surface area (Å²) in [6.45, 7) is -0.467. The van der Waals surface area contributed by atoms with Gasteiger partial charge in [-0.2, -0.15) is 0 Å². The highest BCUT2D eigenvalue weighted by molar-refractivity contribution is 7.92. The van der Waals surface area contributed by atoms with Crippen molar-refractivity contribution in [2.75, 3.05) is 24.9 Å². The Morgan fingerprint density at radius 2 is 1.72 bits per heavy atom. The first-order valence-electron chi connectivity index (χ1n) is 7.26. The maximum atomic E-state index is 13.0. The molecule has 1 amide bonds. The Kier molecular flexibility index (Phi) is 5.38. The number of carbonyl (C=O) groups excluding carboxylic acids is 1. The molecular weight excluding hydrogens is 346 g/mol. The number of hydrogen-bond donors (Lipinski definition) is 0. The van der Waals surface area contributed by atoms with Crippen molar-refractivity contribution in [2.45, 2.75) is 4.90 Å². The van der Waals surface area contributed by atoms with Crippen LogP contribution in [0.25, 0.3) is 0 Å². The minimum Gasteiger partial charge on any atom is -0.347 e. The maximum Gasteiger partial charge on any atom is 0.271 e. The van der Waals surface area contributed by atoms with Crippen LogP contribution in [0.2, 0.25) is 0 Å². The van der Waals surface area contributed by atoms with E-state index >= 15 is 0 Å². The number of amides is 1. The molecular formula is C16H17N3O5S. The molecule has 0 bridgehead atoms. The van der Waals surface area contributed by atoms with E-state index in [1.54, 1.807) is 18.2 Å². The number of likely N-dealkylation sites (N-methyl/N-ethyl adjacent to an activating group) is 1. The molecule has 0 spiro atoms. The van der Waals surface area contributed by atoms with Gasteiger partial charge in [-0.25, -0.2) is 8.42 Å². The van der Waals surface area contributed by atoms with Crippen LogP contribution in [0.1, 0.15) is 0 Å². The number of rotatable bonds is 6. The van der Waals surface area contributed by atoms with E-state index in [9.17, 15) is 23.3 Å². The van der Waals surface area contributed by atoms with E-state index in [0.717, 1.165) is 10.4 Å². The van der Waals surface area contributed by atoms with E-state index in [-0.39, 0.29) is 16.3 Å². The van der Waals surface area contributed by atoms with Crippen molar-refractivity contribution in [1.82, 2.24) is 4.90 Å². The van der Waals surface area contributed by atoms with Crippen LogP contribution in [-0.2, 0) is 14.8 Å². The van der Waals surface area contributed by atoms with Crippen LogP contribution < -0.4 is 4.31 Å². The molecule has 0 atom stereocenters. The van der Waals surface area contributed by atoms with Crippen LogP contribution in [-0.4, -0.2) is 44.8 Å². The average Bonchev–Trinajstić information content (AvgIpc) is 2.60. The molecule has 2 rings (SSSR count). The fourth-order valence-electron chi connectivity index (χ4n) is 2.06. The Morgan fingerprint density at radius 3 is 2.28 bits per heavy atom. The van der Waals surface area contributed by atoms with Gasteiger partial charge in [0.25, 0.3) is 15.7 Å². The standard InChI is InChI=1S/C16H17N3O5S/c1-17(2)16(20)12-18(13-7-6-8-14(11-13)19(21)22)25(23,24)15-9-4-3-5-10-15/h3-11H,12H2,1-2H3. The second-order valence-electron chi connectivity index (χ2n) is 5.39. The second kappa shape index (κ2) is 7.31. The minimum atomic E-state index is -4.06. The third-order valence-electron chi connectivity index (χ3n) is 3.44. The third-order valence-corrected chi connectivity index (χ3v) is 5.23. The number of sulfonamides is 1. The molecule has 0 fully saturated rings. The summed E-state index contributed by atoms with van der Waals surface area (Å²) >= 11 is 0. The van der Waals surface area contributed by atoms with Crippen molar-refractivity contribution in [2.24, 2.45) is 0 Å². The zero-order valence-corrected chi connectivity index (χ0v) is 14.5. The summed E-state index contributed by atoms with van der Waals surface area (Å²) in [5.41, 5.74) is -0.212. The topological polar surface area (TPSA) is 101 Å². The molecule has 0 aliphatic heterocycles. The van der Waals surface area contributed by atoms with Crippen molar-refractivity contribution in [3.05, 3.63) is 64.7 Å². The van der Waals surface area contributed by atoms with Gasteiger partial charge in [-0.3, -0.25) is 19.2 Å². The monoisotopic (exact) mass is 363 g/mol. The van der Waals surface area contributed by atoms with Crippen LogP contribution >= 0.6 is 0 Å². The molecule has 0 aliphatic rings. The Labute approximate surface area is 145 Å². The molecule has 2 aromatic carbocycles. The van der Waals surface area contributed by atoms with Gasteiger partial charge in [-0.1, -0.05) is 24.3 Å². The predicted molar refractivity (Wildman–Crippen MR) is 92.8 cm³/mol. The maximum absolute atomic E-state index is 13.0. The Morgan fingerprint density at radius 1 is 1.08 bits per heavy atom. The highest BCUT2D eigenvalue weighted by atomic mass is 32.2. The lowest BCUT2D eigenvalue weighted by molar-refractivity contribution is -0.384. The number of hydrogen-bond acceptors (Lipinski definition) is 5. The van der Waals surface area contributed by atoms with E-state index in [0.29, 0.717) is 0 Å². The third kappa shape index (κ3) is 4.13. The molecule has 25 heavy (non-hydrogen) atoms. The Balaban J connectivity index is 2.56. The molecule has 9 heteroatoms. The van der Waals surface area contributed by atoms with Gasteiger partial charge in [0.05, 0.1) is 15.5 Å². The van der Waals surface area contributed by atoms with Crippen molar-refractivity contribution < 1.29 is 18.1 Å². The van der Waals surface area contributed by atoms with Gasteiger partial charge in [0, 0.05) is 26.2 Å². The van der Waals surface area contributed by atoms with Crippen LogP contribution in [0.15, 0.2) is 59.5 Å². The quantitative estimate of drug-likeness (QED) is 0.576. The van der Waals surface area contributed by atoms with Gasteiger partial charge < -0.3 is 4.90 Å². The molecule has 0 aliphatic carbocycles. The van der Waals surface area contributed by atoms with Gasteiger partial charge in [-0.05, 0) is 18.2 Å².